The molecule has 4 nitrogen and oxygen atoms in total. The van der Waals surface area contributed by atoms with Gasteiger partial charge in [0.25, 0.3) is 0 Å². The van der Waals surface area contributed by atoms with Crippen molar-refractivity contribution in [3.63, 3.8) is 0 Å². The van der Waals surface area contributed by atoms with Crippen LogP contribution in [0.25, 0.3) is 0 Å². The van der Waals surface area contributed by atoms with Crippen molar-refractivity contribution in [2.75, 3.05) is 6.61 Å². The third kappa shape index (κ3) is 5.75. The van der Waals surface area contributed by atoms with Crippen molar-refractivity contribution in [2.45, 2.75) is 39.3 Å². The maximum Gasteiger partial charge on any atom is 0.244 e. The van der Waals surface area contributed by atoms with E-state index in [-0.39, 0.29) is 24.4 Å². The molecule has 0 spiro atoms. The van der Waals surface area contributed by atoms with Gasteiger partial charge in [0, 0.05) is 0 Å². The minimum absolute atomic E-state index is 0. The van der Waals surface area contributed by atoms with E-state index in [1.54, 1.807) is 6.92 Å². The SMILES string of the molecule is CC(C)COc1ccc(C(C)NC(=O)C(C)(N)c2ccccc2)cc1.Cl. The second kappa shape index (κ2) is 9.60. The van der Waals surface area contributed by atoms with Gasteiger partial charge >= 0.3 is 0 Å². The molecule has 0 aromatic heterocycles. The third-order valence-corrected chi connectivity index (χ3v) is 4.16. The molecule has 2 unspecified atom stereocenters. The second-order valence-corrected chi connectivity index (χ2v) is 7.04. The summed E-state index contributed by atoms with van der Waals surface area (Å²) in [5.41, 5.74) is 6.99. The van der Waals surface area contributed by atoms with Crippen molar-refractivity contribution < 1.29 is 9.53 Å². The summed E-state index contributed by atoms with van der Waals surface area (Å²) >= 11 is 0. The number of ether oxygens (including phenoxy) is 1. The van der Waals surface area contributed by atoms with E-state index in [9.17, 15) is 4.79 Å². The van der Waals surface area contributed by atoms with Gasteiger partial charge in [0.2, 0.25) is 5.91 Å². The van der Waals surface area contributed by atoms with E-state index in [0.29, 0.717) is 12.5 Å². The number of benzene rings is 2. The van der Waals surface area contributed by atoms with Gasteiger partial charge in [0.05, 0.1) is 12.6 Å². The highest BCUT2D eigenvalue weighted by atomic mass is 35.5. The molecule has 142 valence electrons. The molecule has 0 aliphatic heterocycles. The first kappa shape index (κ1) is 22.0. The Kier molecular flexibility index (Phi) is 8.12. The quantitative estimate of drug-likeness (QED) is 0.761. The lowest BCUT2D eigenvalue weighted by Crippen LogP contribution is -2.49. The van der Waals surface area contributed by atoms with Gasteiger partial charge in [-0.05, 0) is 43.0 Å². The maximum absolute atomic E-state index is 12.6. The number of nitrogens with one attached hydrogen (secondary N) is 1. The van der Waals surface area contributed by atoms with Crippen LogP contribution in [-0.2, 0) is 10.3 Å². The maximum atomic E-state index is 12.6. The molecule has 0 fully saturated rings. The monoisotopic (exact) mass is 376 g/mol. The summed E-state index contributed by atoms with van der Waals surface area (Å²) in [6.45, 7) is 8.59. The lowest BCUT2D eigenvalue weighted by Gasteiger charge is -2.26. The van der Waals surface area contributed by atoms with Crippen molar-refractivity contribution in [1.82, 2.24) is 5.32 Å². The summed E-state index contributed by atoms with van der Waals surface area (Å²) in [5.74, 6) is 1.12. The van der Waals surface area contributed by atoms with Crippen LogP contribution in [-0.4, -0.2) is 12.5 Å². The van der Waals surface area contributed by atoms with Gasteiger partial charge in [-0.2, -0.15) is 0 Å². The Morgan fingerprint density at radius 1 is 1.08 bits per heavy atom. The molecular formula is C21H29ClN2O2. The van der Waals surface area contributed by atoms with Gasteiger partial charge < -0.3 is 15.8 Å². The molecule has 0 aliphatic rings. The fourth-order valence-electron chi connectivity index (χ4n) is 2.46. The van der Waals surface area contributed by atoms with Crippen LogP contribution >= 0.6 is 12.4 Å². The summed E-state index contributed by atoms with van der Waals surface area (Å²) in [4.78, 5) is 12.6. The second-order valence-electron chi connectivity index (χ2n) is 7.04. The minimum atomic E-state index is -1.07. The average molecular weight is 377 g/mol. The van der Waals surface area contributed by atoms with Crippen LogP contribution in [0, 0.1) is 5.92 Å². The van der Waals surface area contributed by atoms with Gasteiger partial charge in [-0.15, -0.1) is 12.4 Å². The fraction of sp³-hybridized carbons (Fsp3) is 0.381. The van der Waals surface area contributed by atoms with Crippen LogP contribution in [0.4, 0.5) is 0 Å². The number of nitrogens with two attached hydrogens (primary N) is 1. The zero-order chi connectivity index (χ0) is 18.4. The minimum Gasteiger partial charge on any atom is -0.493 e. The highest BCUT2D eigenvalue weighted by Gasteiger charge is 2.31. The highest BCUT2D eigenvalue weighted by Crippen LogP contribution is 2.22. The summed E-state index contributed by atoms with van der Waals surface area (Å²) in [7, 11) is 0. The van der Waals surface area contributed by atoms with Gasteiger partial charge in [0.1, 0.15) is 11.3 Å². The first-order valence-electron chi connectivity index (χ1n) is 8.69. The predicted octanol–water partition coefficient (Wildman–Crippen LogP) is 4.19. The molecular weight excluding hydrogens is 348 g/mol. The van der Waals surface area contributed by atoms with E-state index in [2.05, 4.69) is 19.2 Å². The summed E-state index contributed by atoms with van der Waals surface area (Å²) in [6.07, 6.45) is 0. The molecule has 0 bridgehead atoms. The van der Waals surface area contributed by atoms with Gasteiger partial charge in [-0.25, -0.2) is 0 Å². The first-order valence-corrected chi connectivity index (χ1v) is 8.69. The third-order valence-electron chi connectivity index (χ3n) is 4.16. The van der Waals surface area contributed by atoms with Crippen molar-refractivity contribution >= 4 is 18.3 Å². The van der Waals surface area contributed by atoms with Crippen LogP contribution in [0.1, 0.15) is 44.9 Å². The lowest BCUT2D eigenvalue weighted by atomic mass is 9.91. The van der Waals surface area contributed by atoms with Crippen molar-refractivity contribution in [2.24, 2.45) is 11.7 Å². The lowest BCUT2D eigenvalue weighted by molar-refractivity contribution is -0.126. The molecule has 5 heteroatoms. The molecule has 0 heterocycles. The largest absolute Gasteiger partial charge is 0.493 e. The number of carbonyl (C=O) groups excluding carboxylic acids is 1. The Hall–Kier alpha value is -2.04. The molecule has 2 atom stereocenters. The van der Waals surface area contributed by atoms with E-state index < -0.39 is 5.54 Å². The van der Waals surface area contributed by atoms with E-state index in [1.165, 1.54) is 0 Å². The molecule has 0 saturated heterocycles. The number of rotatable bonds is 7. The number of halogens is 1. The summed E-state index contributed by atoms with van der Waals surface area (Å²) < 4.78 is 5.69. The Morgan fingerprint density at radius 2 is 1.65 bits per heavy atom. The summed E-state index contributed by atoms with van der Waals surface area (Å²) in [6, 6.07) is 17.1. The van der Waals surface area contributed by atoms with E-state index in [0.717, 1.165) is 16.9 Å². The van der Waals surface area contributed by atoms with Gasteiger partial charge in [-0.1, -0.05) is 56.3 Å². The molecule has 0 saturated carbocycles. The molecule has 2 aromatic carbocycles. The number of carbonyl (C=O) groups is 1. The zero-order valence-corrected chi connectivity index (χ0v) is 16.7. The van der Waals surface area contributed by atoms with Crippen molar-refractivity contribution in [1.29, 1.82) is 0 Å². The van der Waals surface area contributed by atoms with Crippen molar-refractivity contribution in [3.05, 3.63) is 65.7 Å². The summed E-state index contributed by atoms with van der Waals surface area (Å²) in [5, 5.41) is 3.00. The number of hydrogen-bond donors (Lipinski definition) is 2. The molecule has 0 aliphatic carbocycles. The number of hydrogen-bond acceptors (Lipinski definition) is 3. The van der Waals surface area contributed by atoms with Crippen LogP contribution in [0.2, 0.25) is 0 Å². The standard InChI is InChI=1S/C21H28N2O2.ClH/c1-15(2)14-25-19-12-10-17(11-13-19)16(3)23-20(24)21(4,22)18-8-6-5-7-9-18;/h5-13,15-16H,14,22H2,1-4H3,(H,23,24);1H. The normalized spacial score (nSPS) is 14.1. The first-order chi connectivity index (χ1) is 11.8. The molecule has 0 radical (unpaired) electrons. The molecule has 3 N–H and O–H groups in total. The van der Waals surface area contributed by atoms with Crippen LogP contribution in [0.3, 0.4) is 0 Å². The average Bonchev–Trinajstić information content (AvgIpc) is 2.61. The van der Waals surface area contributed by atoms with Crippen LogP contribution in [0.15, 0.2) is 54.6 Å². The van der Waals surface area contributed by atoms with E-state index in [4.69, 9.17) is 10.5 Å². The fourth-order valence-corrected chi connectivity index (χ4v) is 2.46. The van der Waals surface area contributed by atoms with Gasteiger partial charge in [0.15, 0.2) is 0 Å². The Balaban J connectivity index is 0.00000338. The topological polar surface area (TPSA) is 64.3 Å². The van der Waals surface area contributed by atoms with Crippen LogP contribution < -0.4 is 15.8 Å². The number of amides is 1. The smallest absolute Gasteiger partial charge is 0.244 e. The Morgan fingerprint density at radius 3 is 2.19 bits per heavy atom. The predicted molar refractivity (Wildman–Crippen MR) is 109 cm³/mol. The van der Waals surface area contributed by atoms with Crippen molar-refractivity contribution in [3.8, 4) is 5.75 Å². The zero-order valence-electron chi connectivity index (χ0n) is 15.9. The highest BCUT2D eigenvalue weighted by molar-refractivity contribution is 5.87. The molecule has 26 heavy (non-hydrogen) atoms. The Bertz CT molecular complexity index is 685. The molecule has 2 rings (SSSR count). The van der Waals surface area contributed by atoms with Gasteiger partial charge in [-0.3, -0.25) is 4.79 Å². The molecule has 2 aromatic rings. The Labute approximate surface area is 162 Å². The van der Waals surface area contributed by atoms with Crippen LogP contribution in [0.5, 0.6) is 5.75 Å². The van der Waals surface area contributed by atoms with E-state index in [1.807, 2.05) is 61.5 Å². The molecule has 1 amide bonds. The van der Waals surface area contributed by atoms with E-state index >= 15 is 0 Å².